The summed E-state index contributed by atoms with van der Waals surface area (Å²) in [5.41, 5.74) is 1.31. The topological polar surface area (TPSA) is 60.8 Å². The van der Waals surface area contributed by atoms with Crippen LogP contribution in [-0.4, -0.2) is 39.7 Å². The van der Waals surface area contributed by atoms with E-state index in [0.717, 1.165) is 19.4 Å². The number of rotatable bonds is 3. The number of aliphatic hydroxyl groups excluding tert-OH is 1. The molecule has 0 bridgehead atoms. The summed E-state index contributed by atoms with van der Waals surface area (Å²) in [6.07, 6.45) is 2.18. The minimum Gasteiger partial charge on any atom is -0.508 e. The first-order chi connectivity index (χ1) is 8.99. The molecule has 0 saturated carbocycles. The first-order valence-corrected chi connectivity index (χ1v) is 6.77. The number of aromatic hydroxyl groups is 1. The van der Waals surface area contributed by atoms with Crippen LogP contribution in [0.5, 0.6) is 5.75 Å². The molecule has 0 radical (unpaired) electrons. The SMILES string of the molecule is Cc1cc(C(=O)N2CCCC2CC(C)O)ccc1O. The molecule has 0 aliphatic carbocycles. The maximum absolute atomic E-state index is 12.5. The second-order valence-electron chi connectivity index (χ2n) is 5.38. The van der Waals surface area contributed by atoms with Crippen LogP contribution in [0.4, 0.5) is 0 Å². The molecule has 1 amide bonds. The van der Waals surface area contributed by atoms with Crippen molar-refractivity contribution in [3.8, 4) is 5.75 Å². The van der Waals surface area contributed by atoms with Crippen LogP contribution in [0.1, 0.15) is 42.1 Å². The zero-order valence-corrected chi connectivity index (χ0v) is 11.5. The molecule has 0 aromatic heterocycles. The molecule has 4 heteroatoms. The van der Waals surface area contributed by atoms with E-state index in [0.29, 0.717) is 17.5 Å². The Morgan fingerprint density at radius 3 is 2.89 bits per heavy atom. The Bertz CT molecular complexity index is 470. The fourth-order valence-electron chi connectivity index (χ4n) is 2.70. The zero-order valence-electron chi connectivity index (χ0n) is 11.5. The van der Waals surface area contributed by atoms with Crippen LogP contribution >= 0.6 is 0 Å². The van der Waals surface area contributed by atoms with E-state index in [4.69, 9.17) is 0 Å². The third kappa shape index (κ3) is 3.07. The smallest absolute Gasteiger partial charge is 0.254 e. The third-order valence-electron chi connectivity index (χ3n) is 3.69. The standard InChI is InChI=1S/C15H21NO3/c1-10-8-12(5-6-14(10)18)15(19)16-7-3-4-13(16)9-11(2)17/h5-6,8,11,13,17-18H,3-4,7,9H2,1-2H3. The highest BCUT2D eigenvalue weighted by atomic mass is 16.3. The van der Waals surface area contributed by atoms with Gasteiger partial charge in [0.15, 0.2) is 0 Å². The number of likely N-dealkylation sites (tertiary alicyclic amines) is 1. The summed E-state index contributed by atoms with van der Waals surface area (Å²) < 4.78 is 0. The molecular weight excluding hydrogens is 242 g/mol. The van der Waals surface area contributed by atoms with Gasteiger partial charge in [0.05, 0.1) is 6.10 Å². The van der Waals surface area contributed by atoms with E-state index in [1.807, 2.05) is 4.90 Å². The third-order valence-corrected chi connectivity index (χ3v) is 3.69. The second kappa shape index (κ2) is 5.61. The van der Waals surface area contributed by atoms with Crippen molar-refractivity contribution in [2.24, 2.45) is 0 Å². The van der Waals surface area contributed by atoms with Gasteiger partial charge in [-0.2, -0.15) is 0 Å². The molecule has 1 heterocycles. The molecule has 104 valence electrons. The summed E-state index contributed by atoms with van der Waals surface area (Å²) in [5.74, 6) is 0.199. The fraction of sp³-hybridized carbons (Fsp3) is 0.533. The molecule has 4 nitrogen and oxygen atoms in total. The van der Waals surface area contributed by atoms with Crippen molar-refractivity contribution in [1.29, 1.82) is 0 Å². The largest absolute Gasteiger partial charge is 0.508 e. The molecular formula is C15H21NO3. The van der Waals surface area contributed by atoms with E-state index in [1.54, 1.807) is 32.0 Å². The van der Waals surface area contributed by atoms with Gasteiger partial charge >= 0.3 is 0 Å². The highest BCUT2D eigenvalue weighted by molar-refractivity contribution is 5.95. The number of aryl methyl sites for hydroxylation is 1. The van der Waals surface area contributed by atoms with E-state index < -0.39 is 0 Å². The lowest BCUT2D eigenvalue weighted by Gasteiger charge is -2.26. The van der Waals surface area contributed by atoms with Crippen LogP contribution in [0.2, 0.25) is 0 Å². The number of carbonyl (C=O) groups is 1. The van der Waals surface area contributed by atoms with Gasteiger partial charge < -0.3 is 15.1 Å². The van der Waals surface area contributed by atoms with Crippen LogP contribution in [0.3, 0.4) is 0 Å². The first-order valence-electron chi connectivity index (χ1n) is 6.77. The summed E-state index contributed by atoms with van der Waals surface area (Å²) in [7, 11) is 0. The lowest BCUT2D eigenvalue weighted by molar-refractivity contribution is 0.0682. The Balaban J connectivity index is 2.16. The zero-order chi connectivity index (χ0) is 14.0. The predicted molar refractivity (Wildman–Crippen MR) is 73.2 cm³/mol. The Morgan fingerprint density at radius 1 is 1.53 bits per heavy atom. The number of carbonyl (C=O) groups excluding carboxylic acids is 1. The van der Waals surface area contributed by atoms with E-state index in [-0.39, 0.29) is 23.8 Å². The van der Waals surface area contributed by atoms with E-state index in [2.05, 4.69) is 0 Å². The number of phenolic OH excluding ortho intramolecular Hbond substituents is 1. The predicted octanol–water partition coefficient (Wildman–Crippen LogP) is 2.08. The minimum absolute atomic E-state index is 0.00810. The number of benzene rings is 1. The average molecular weight is 263 g/mol. The summed E-state index contributed by atoms with van der Waals surface area (Å²) in [6.45, 7) is 4.28. The molecule has 2 N–H and O–H groups in total. The maximum Gasteiger partial charge on any atom is 0.254 e. The van der Waals surface area contributed by atoms with Gasteiger partial charge in [-0.05, 0) is 56.9 Å². The van der Waals surface area contributed by atoms with Crippen molar-refractivity contribution in [1.82, 2.24) is 4.90 Å². The lowest BCUT2D eigenvalue weighted by Crippen LogP contribution is -2.37. The van der Waals surface area contributed by atoms with Gasteiger partial charge in [-0.25, -0.2) is 0 Å². The van der Waals surface area contributed by atoms with Crippen LogP contribution in [0.25, 0.3) is 0 Å². The normalized spacial score (nSPS) is 20.6. The molecule has 1 aliphatic rings. The number of aliphatic hydroxyl groups is 1. The van der Waals surface area contributed by atoms with Gasteiger partial charge in [-0.1, -0.05) is 0 Å². The summed E-state index contributed by atoms with van der Waals surface area (Å²) in [6, 6.07) is 5.06. The Kier molecular flexibility index (Phi) is 4.10. The molecule has 1 fully saturated rings. The number of phenols is 1. The van der Waals surface area contributed by atoms with Crippen molar-refractivity contribution in [3.63, 3.8) is 0 Å². The molecule has 2 unspecified atom stereocenters. The maximum atomic E-state index is 12.5. The van der Waals surface area contributed by atoms with Crippen LogP contribution in [-0.2, 0) is 0 Å². The van der Waals surface area contributed by atoms with E-state index in [1.165, 1.54) is 0 Å². The molecule has 1 saturated heterocycles. The molecule has 2 atom stereocenters. The molecule has 1 aliphatic heterocycles. The van der Waals surface area contributed by atoms with Gasteiger partial charge in [0, 0.05) is 18.2 Å². The summed E-state index contributed by atoms with van der Waals surface area (Å²) >= 11 is 0. The summed E-state index contributed by atoms with van der Waals surface area (Å²) in [4.78, 5) is 14.3. The van der Waals surface area contributed by atoms with Crippen molar-refractivity contribution < 1.29 is 15.0 Å². The number of hydrogen-bond donors (Lipinski definition) is 2. The quantitative estimate of drug-likeness (QED) is 0.877. The molecule has 1 aromatic carbocycles. The molecule has 2 rings (SSSR count). The van der Waals surface area contributed by atoms with Crippen molar-refractivity contribution in [2.75, 3.05) is 6.54 Å². The van der Waals surface area contributed by atoms with Gasteiger partial charge in [0.1, 0.15) is 5.75 Å². The van der Waals surface area contributed by atoms with Crippen molar-refractivity contribution in [3.05, 3.63) is 29.3 Å². The van der Waals surface area contributed by atoms with Gasteiger partial charge in [0.2, 0.25) is 0 Å². The Labute approximate surface area is 113 Å². The highest BCUT2D eigenvalue weighted by Gasteiger charge is 2.30. The fourth-order valence-corrected chi connectivity index (χ4v) is 2.70. The Morgan fingerprint density at radius 2 is 2.26 bits per heavy atom. The second-order valence-corrected chi connectivity index (χ2v) is 5.38. The van der Waals surface area contributed by atoms with Crippen LogP contribution < -0.4 is 0 Å². The lowest BCUT2D eigenvalue weighted by atomic mass is 10.1. The monoisotopic (exact) mass is 263 g/mol. The van der Waals surface area contributed by atoms with E-state index in [9.17, 15) is 15.0 Å². The number of nitrogens with zero attached hydrogens (tertiary/aromatic N) is 1. The van der Waals surface area contributed by atoms with E-state index >= 15 is 0 Å². The molecule has 1 aromatic rings. The molecule has 19 heavy (non-hydrogen) atoms. The van der Waals surface area contributed by atoms with Crippen LogP contribution in [0.15, 0.2) is 18.2 Å². The van der Waals surface area contributed by atoms with Crippen molar-refractivity contribution in [2.45, 2.75) is 45.3 Å². The number of amides is 1. The summed E-state index contributed by atoms with van der Waals surface area (Å²) in [5, 5.41) is 19.0. The van der Waals surface area contributed by atoms with Crippen molar-refractivity contribution >= 4 is 5.91 Å². The Hall–Kier alpha value is -1.55. The van der Waals surface area contributed by atoms with Gasteiger partial charge in [0.25, 0.3) is 5.91 Å². The van der Waals surface area contributed by atoms with Gasteiger partial charge in [-0.15, -0.1) is 0 Å². The molecule has 0 spiro atoms. The van der Waals surface area contributed by atoms with Crippen LogP contribution in [0, 0.1) is 6.92 Å². The first kappa shape index (κ1) is 13.9. The number of hydrogen-bond acceptors (Lipinski definition) is 3. The average Bonchev–Trinajstić information content (AvgIpc) is 2.79. The minimum atomic E-state index is -0.389. The highest BCUT2D eigenvalue weighted by Crippen LogP contribution is 2.25. The van der Waals surface area contributed by atoms with Gasteiger partial charge in [-0.3, -0.25) is 4.79 Å².